The molecule has 1 aromatic heterocycles. The Morgan fingerprint density at radius 3 is 2.56 bits per heavy atom. The van der Waals surface area contributed by atoms with Gasteiger partial charge in [-0.05, 0) is 29.0 Å². The molecule has 0 bridgehead atoms. The van der Waals surface area contributed by atoms with Crippen molar-refractivity contribution in [1.29, 1.82) is 0 Å². The van der Waals surface area contributed by atoms with Gasteiger partial charge in [0.2, 0.25) is 0 Å². The average molecular weight is 236 g/mol. The first-order valence-corrected chi connectivity index (χ1v) is 5.67. The minimum absolute atomic E-state index is 0.00176. The zero-order chi connectivity index (χ0) is 11.9. The highest BCUT2D eigenvalue weighted by Crippen LogP contribution is 2.24. The van der Waals surface area contributed by atoms with Gasteiger partial charge in [-0.15, -0.1) is 0 Å². The van der Waals surface area contributed by atoms with Crippen LogP contribution in [0.5, 0.6) is 0 Å². The van der Waals surface area contributed by atoms with E-state index in [4.69, 9.17) is 11.6 Å². The van der Waals surface area contributed by atoms with Crippen molar-refractivity contribution in [2.45, 2.75) is 19.8 Å². The zero-order valence-electron chi connectivity index (χ0n) is 9.62. The van der Waals surface area contributed by atoms with Crippen molar-refractivity contribution < 1.29 is 0 Å². The number of nitrogens with zero attached hydrogens (tertiary/aromatic N) is 1. The number of hydrogen-bond acceptors (Lipinski definition) is 1. The van der Waals surface area contributed by atoms with Crippen LogP contribution in [0.3, 0.4) is 0 Å². The Kier molecular flexibility index (Phi) is 2.76. The molecule has 0 saturated carbocycles. The normalized spacial score (nSPS) is 11.3. The Labute approximate surface area is 99.5 Å². The van der Waals surface area contributed by atoms with Crippen molar-refractivity contribution in [3.05, 3.63) is 45.3 Å². The van der Waals surface area contributed by atoms with Gasteiger partial charge in [0, 0.05) is 23.7 Å². The third-order valence-corrected chi connectivity index (χ3v) is 3.03. The summed E-state index contributed by atoms with van der Waals surface area (Å²) >= 11 is 5.93. The number of hydrogen-bond donors (Lipinski definition) is 0. The summed E-state index contributed by atoms with van der Waals surface area (Å²) in [6.07, 6.45) is 1.91. The molecule has 0 aliphatic rings. The Balaban J connectivity index is 2.95. The molecule has 0 aliphatic carbocycles. The summed E-state index contributed by atoms with van der Waals surface area (Å²) in [5.41, 5.74) is 1.18. The van der Waals surface area contributed by atoms with Crippen molar-refractivity contribution >= 4 is 22.4 Å². The van der Waals surface area contributed by atoms with Crippen molar-refractivity contribution in [3.8, 4) is 0 Å². The largest absolute Gasteiger partial charge is 0.318 e. The number of benzene rings is 1. The highest BCUT2D eigenvalue weighted by atomic mass is 35.5. The lowest BCUT2D eigenvalue weighted by molar-refractivity contribution is 0.810. The SMILES string of the molecule is CC(C)c1cn(C)c(=O)c2cc(Cl)ccc12. The van der Waals surface area contributed by atoms with E-state index in [9.17, 15) is 4.79 Å². The highest BCUT2D eigenvalue weighted by molar-refractivity contribution is 6.31. The molecule has 1 heterocycles. The summed E-state index contributed by atoms with van der Waals surface area (Å²) in [5.74, 6) is 0.385. The smallest absolute Gasteiger partial charge is 0.258 e. The fourth-order valence-electron chi connectivity index (χ4n) is 1.93. The molecule has 84 valence electrons. The van der Waals surface area contributed by atoms with Crippen molar-refractivity contribution in [2.75, 3.05) is 0 Å². The van der Waals surface area contributed by atoms with Crippen LogP contribution in [0, 0.1) is 0 Å². The number of rotatable bonds is 1. The second kappa shape index (κ2) is 3.95. The van der Waals surface area contributed by atoms with Gasteiger partial charge in [0.15, 0.2) is 0 Å². The molecular formula is C13H14ClNO. The lowest BCUT2D eigenvalue weighted by Crippen LogP contribution is -2.17. The van der Waals surface area contributed by atoms with Crippen LogP contribution in [0.1, 0.15) is 25.3 Å². The van der Waals surface area contributed by atoms with E-state index < -0.39 is 0 Å². The van der Waals surface area contributed by atoms with Crippen molar-refractivity contribution in [1.82, 2.24) is 4.57 Å². The van der Waals surface area contributed by atoms with Gasteiger partial charge in [0.05, 0.1) is 0 Å². The van der Waals surface area contributed by atoms with Crippen LogP contribution in [0.25, 0.3) is 10.8 Å². The Morgan fingerprint density at radius 2 is 1.94 bits per heavy atom. The topological polar surface area (TPSA) is 22.0 Å². The maximum Gasteiger partial charge on any atom is 0.258 e. The van der Waals surface area contributed by atoms with E-state index in [2.05, 4.69) is 13.8 Å². The van der Waals surface area contributed by atoms with Crippen LogP contribution in [0.15, 0.2) is 29.2 Å². The molecule has 0 N–H and O–H groups in total. The van der Waals surface area contributed by atoms with Gasteiger partial charge in [-0.2, -0.15) is 0 Å². The van der Waals surface area contributed by atoms with Gasteiger partial charge in [0.1, 0.15) is 0 Å². The maximum absolute atomic E-state index is 12.0. The third kappa shape index (κ3) is 1.74. The summed E-state index contributed by atoms with van der Waals surface area (Å²) in [5, 5.41) is 2.30. The Morgan fingerprint density at radius 1 is 1.25 bits per heavy atom. The molecule has 0 unspecified atom stereocenters. The predicted molar refractivity (Wildman–Crippen MR) is 68.3 cm³/mol. The number of aromatic nitrogens is 1. The average Bonchev–Trinajstić information content (AvgIpc) is 2.23. The Hall–Kier alpha value is -1.28. The van der Waals surface area contributed by atoms with E-state index in [0.717, 1.165) is 5.39 Å². The van der Waals surface area contributed by atoms with Crippen molar-refractivity contribution in [2.24, 2.45) is 7.05 Å². The fraction of sp³-hybridized carbons (Fsp3) is 0.308. The van der Waals surface area contributed by atoms with Gasteiger partial charge in [-0.25, -0.2) is 0 Å². The van der Waals surface area contributed by atoms with E-state index in [0.29, 0.717) is 16.3 Å². The monoisotopic (exact) mass is 235 g/mol. The summed E-state index contributed by atoms with van der Waals surface area (Å²) < 4.78 is 1.62. The molecule has 2 rings (SSSR count). The minimum Gasteiger partial charge on any atom is -0.318 e. The quantitative estimate of drug-likeness (QED) is 0.743. The molecule has 0 radical (unpaired) electrons. The van der Waals surface area contributed by atoms with Crippen LogP contribution < -0.4 is 5.56 Å². The highest BCUT2D eigenvalue weighted by Gasteiger charge is 2.09. The number of fused-ring (bicyclic) bond motifs is 1. The van der Waals surface area contributed by atoms with Gasteiger partial charge < -0.3 is 4.57 Å². The molecule has 0 atom stereocenters. The van der Waals surface area contributed by atoms with Gasteiger partial charge in [-0.3, -0.25) is 4.79 Å². The van der Waals surface area contributed by atoms with E-state index in [-0.39, 0.29) is 5.56 Å². The first-order valence-electron chi connectivity index (χ1n) is 5.29. The molecule has 0 amide bonds. The first kappa shape index (κ1) is 11.2. The molecule has 2 aromatic rings. The zero-order valence-corrected chi connectivity index (χ0v) is 10.4. The van der Waals surface area contributed by atoms with E-state index >= 15 is 0 Å². The van der Waals surface area contributed by atoms with Crippen LogP contribution in [-0.2, 0) is 7.05 Å². The van der Waals surface area contributed by atoms with Crippen LogP contribution in [0.2, 0.25) is 5.02 Å². The lowest BCUT2D eigenvalue weighted by atomic mass is 9.98. The summed E-state index contributed by atoms with van der Waals surface area (Å²) in [6.45, 7) is 4.24. The molecule has 1 aromatic carbocycles. The summed E-state index contributed by atoms with van der Waals surface area (Å²) in [4.78, 5) is 12.0. The van der Waals surface area contributed by atoms with E-state index in [1.165, 1.54) is 5.56 Å². The molecule has 0 saturated heterocycles. The standard InChI is InChI=1S/C13H14ClNO/c1-8(2)12-7-15(3)13(16)11-6-9(14)4-5-10(11)12/h4-8H,1-3H3. The van der Waals surface area contributed by atoms with Gasteiger partial charge in [0.25, 0.3) is 5.56 Å². The lowest BCUT2D eigenvalue weighted by Gasteiger charge is -2.12. The maximum atomic E-state index is 12.0. The second-order valence-electron chi connectivity index (χ2n) is 4.35. The number of pyridine rings is 1. The summed E-state index contributed by atoms with van der Waals surface area (Å²) in [7, 11) is 1.77. The molecule has 0 aliphatic heterocycles. The molecule has 16 heavy (non-hydrogen) atoms. The molecule has 0 spiro atoms. The Bertz CT molecular complexity index is 599. The van der Waals surface area contributed by atoms with Crippen LogP contribution in [-0.4, -0.2) is 4.57 Å². The summed E-state index contributed by atoms with van der Waals surface area (Å²) in [6, 6.07) is 5.49. The first-order chi connectivity index (χ1) is 7.50. The van der Waals surface area contributed by atoms with Gasteiger partial charge in [-0.1, -0.05) is 31.5 Å². The molecule has 2 nitrogen and oxygen atoms in total. The van der Waals surface area contributed by atoms with Gasteiger partial charge >= 0.3 is 0 Å². The predicted octanol–water partition coefficient (Wildman–Crippen LogP) is 3.32. The number of aryl methyl sites for hydroxylation is 1. The van der Waals surface area contributed by atoms with E-state index in [1.807, 2.05) is 18.3 Å². The minimum atomic E-state index is 0.00176. The molecule has 0 fully saturated rings. The van der Waals surface area contributed by atoms with Crippen molar-refractivity contribution in [3.63, 3.8) is 0 Å². The van der Waals surface area contributed by atoms with Crippen LogP contribution in [0.4, 0.5) is 0 Å². The molecule has 3 heteroatoms. The van der Waals surface area contributed by atoms with Crippen LogP contribution >= 0.6 is 11.6 Å². The number of halogens is 1. The van der Waals surface area contributed by atoms with E-state index in [1.54, 1.807) is 17.7 Å². The second-order valence-corrected chi connectivity index (χ2v) is 4.78. The third-order valence-electron chi connectivity index (χ3n) is 2.80. The molecular weight excluding hydrogens is 222 g/mol. The fourth-order valence-corrected chi connectivity index (χ4v) is 2.10.